The molecule has 0 spiro atoms. The highest BCUT2D eigenvalue weighted by molar-refractivity contribution is 6.21. The molecule has 0 bridgehead atoms. The molecule has 0 radical (unpaired) electrons. The zero-order valence-electron chi connectivity index (χ0n) is 14.9. The fourth-order valence-electron chi connectivity index (χ4n) is 3.18. The molecule has 4 heterocycles. The van der Waals surface area contributed by atoms with Crippen molar-refractivity contribution in [3.05, 3.63) is 23.5 Å². The Kier molecular flexibility index (Phi) is 4.73. The third-order valence-corrected chi connectivity index (χ3v) is 5.08. The van der Waals surface area contributed by atoms with Gasteiger partial charge < -0.3 is 19.4 Å². The van der Waals surface area contributed by atoms with Gasteiger partial charge in [0, 0.05) is 31.1 Å². The number of H-pyrrole nitrogens is 1. The minimum absolute atomic E-state index is 0.0167. The molecule has 3 aliphatic heterocycles. The number of hydrogen-bond acceptors (Lipinski definition) is 5. The maximum atomic E-state index is 12.6. The maximum absolute atomic E-state index is 12.6. The fraction of sp³-hybridized carbons (Fsp3) is 0.444. The second-order valence-electron chi connectivity index (χ2n) is 6.87. The van der Waals surface area contributed by atoms with E-state index in [1.54, 1.807) is 17.2 Å². The molecule has 4 rings (SSSR count). The minimum Gasteiger partial charge on any atom is -0.469 e. The number of anilines is 1. The van der Waals surface area contributed by atoms with Gasteiger partial charge in [0.1, 0.15) is 17.8 Å². The number of hydrogen-bond donors (Lipinski definition) is 1. The van der Waals surface area contributed by atoms with Crippen LogP contribution in [0.25, 0.3) is 0 Å². The Balaban J connectivity index is 1.49. The Labute approximate surface area is 161 Å². The molecule has 1 N–H and O–H groups in total. The first kappa shape index (κ1) is 17.8. The first-order valence-corrected chi connectivity index (χ1v) is 9.31. The third kappa shape index (κ3) is 3.49. The average Bonchev–Trinajstić information content (AvgIpc) is 3.42. The molecule has 1 aromatic rings. The second-order valence-corrected chi connectivity index (χ2v) is 7.49. The number of fused-ring (bicyclic) bond motifs is 1. The summed E-state index contributed by atoms with van der Waals surface area (Å²) in [6, 6.07) is 1.73. The van der Waals surface area contributed by atoms with Gasteiger partial charge in [0.2, 0.25) is 0 Å². The van der Waals surface area contributed by atoms with Gasteiger partial charge in [-0.2, -0.15) is 0 Å². The van der Waals surface area contributed by atoms with E-state index in [-0.39, 0.29) is 17.2 Å². The minimum atomic E-state index is -0.137. The summed E-state index contributed by atoms with van der Waals surface area (Å²) in [5, 5.41) is 0.0167. The Hall–Kier alpha value is -2.61. The van der Waals surface area contributed by atoms with Crippen LogP contribution in [0.5, 0.6) is 5.75 Å². The number of aldehydes is 1. The van der Waals surface area contributed by atoms with Gasteiger partial charge in [-0.3, -0.25) is 14.7 Å². The summed E-state index contributed by atoms with van der Waals surface area (Å²) in [6.07, 6.45) is 5.21. The highest BCUT2D eigenvalue weighted by atomic mass is 35.5. The van der Waals surface area contributed by atoms with Gasteiger partial charge in [-0.1, -0.05) is 6.92 Å². The highest BCUT2D eigenvalue weighted by Crippen LogP contribution is 2.37. The summed E-state index contributed by atoms with van der Waals surface area (Å²) < 4.78 is 5.70. The molecule has 1 fully saturated rings. The van der Waals surface area contributed by atoms with Crippen LogP contribution < -0.4 is 9.64 Å². The van der Waals surface area contributed by atoms with E-state index in [4.69, 9.17) is 16.3 Å². The standard InChI is InChI=1S/C18H20ClN5O3/c1-11(9-25)6-20-16-4-13(7-21-16)24-10-27-15-5-14(22-17(15)24)18(26)23-3-2-12(19)8-23/h4-5,7,9,11-12,22H,2-3,6,8,10H2,1H3. The normalized spacial score (nSPS) is 23.6. The Morgan fingerprint density at radius 2 is 2.44 bits per heavy atom. The van der Waals surface area contributed by atoms with Crippen molar-refractivity contribution < 1.29 is 14.3 Å². The van der Waals surface area contributed by atoms with Gasteiger partial charge in [0.15, 0.2) is 18.3 Å². The number of ether oxygens (including phenoxy) is 1. The molecule has 2 unspecified atom stereocenters. The first-order chi connectivity index (χ1) is 13.0. The lowest BCUT2D eigenvalue weighted by molar-refractivity contribution is -0.110. The number of nitrogens with zero attached hydrogens (tertiary/aromatic N) is 4. The Morgan fingerprint density at radius 1 is 1.59 bits per heavy atom. The lowest BCUT2D eigenvalue weighted by atomic mass is 10.2. The van der Waals surface area contributed by atoms with Crippen LogP contribution in [0, 0.1) is 5.92 Å². The van der Waals surface area contributed by atoms with E-state index in [0.717, 1.165) is 24.2 Å². The summed E-state index contributed by atoms with van der Waals surface area (Å²) in [6.45, 7) is 3.77. The summed E-state index contributed by atoms with van der Waals surface area (Å²) in [5.41, 5.74) is 1.30. The number of halogens is 1. The third-order valence-electron chi connectivity index (χ3n) is 4.72. The van der Waals surface area contributed by atoms with Gasteiger partial charge in [-0.25, -0.2) is 4.99 Å². The van der Waals surface area contributed by atoms with Crippen LogP contribution in [-0.2, 0) is 4.79 Å². The molecule has 9 heteroatoms. The van der Waals surface area contributed by atoms with Crippen molar-refractivity contribution in [3.63, 3.8) is 0 Å². The molecule has 3 aliphatic rings. The number of aromatic nitrogens is 1. The van der Waals surface area contributed by atoms with Crippen molar-refractivity contribution >= 4 is 41.7 Å². The van der Waals surface area contributed by atoms with E-state index in [1.165, 1.54) is 0 Å². The number of amides is 1. The van der Waals surface area contributed by atoms with E-state index >= 15 is 0 Å². The van der Waals surface area contributed by atoms with Gasteiger partial charge >= 0.3 is 0 Å². The molecular formula is C18H20ClN5O3. The molecule has 8 nitrogen and oxygen atoms in total. The lowest BCUT2D eigenvalue weighted by Gasteiger charge is -2.16. The number of carbonyl (C=O) groups is 2. The SMILES string of the molecule is CC(C=O)CN=C1C=C(N2COc3cc(C(=O)N4CCC(Cl)C4)[nH]c32)C=N1. The van der Waals surface area contributed by atoms with Crippen molar-refractivity contribution in [2.75, 3.05) is 31.3 Å². The number of aliphatic imine (C=N–C) groups is 2. The van der Waals surface area contributed by atoms with E-state index in [2.05, 4.69) is 15.0 Å². The fourth-order valence-corrected chi connectivity index (χ4v) is 3.44. The molecule has 0 saturated carbocycles. The molecule has 0 aromatic carbocycles. The van der Waals surface area contributed by atoms with Crippen molar-refractivity contribution in [2.24, 2.45) is 15.9 Å². The van der Waals surface area contributed by atoms with Gasteiger partial charge in [-0.15, -0.1) is 11.6 Å². The largest absolute Gasteiger partial charge is 0.469 e. The smallest absolute Gasteiger partial charge is 0.270 e. The zero-order valence-corrected chi connectivity index (χ0v) is 15.6. The van der Waals surface area contributed by atoms with Crippen molar-refractivity contribution in [3.8, 4) is 5.75 Å². The van der Waals surface area contributed by atoms with Crippen LogP contribution in [0.4, 0.5) is 5.82 Å². The van der Waals surface area contributed by atoms with E-state index in [1.807, 2.05) is 17.9 Å². The lowest BCUT2D eigenvalue weighted by Crippen LogP contribution is -2.29. The number of allylic oxidation sites excluding steroid dienone is 1. The molecule has 2 atom stereocenters. The topological polar surface area (TPSA) is 90.4 Å². The van der Waals surface area contributed by atoms with Gasteiger partial charge in [0.25, 0.3) is 5.91 Å². The van der Waals surface area contributed by atoms with E-state index in [9.17, 15) is 9.59 Å². The summed E-state index contributed by atoms with van der Waals surface area (Å²) in [4.78, 5) is 38.7. The molecule has 27 heavy (non-hydrogen) atoms. The number of carbonyl (C=O) groups excluding carboxylic acids is 2. The van der Waals surface area contributed by atoms with Crippen LogP contribution in [0.1, 0.15) is 23.8 Å². The van der Waals surface area contributed by atoms with E-state index < -0.39 is 0 Å². The highest BCUT2D eigenvalue weighted by Gasteiger charge is 2.32. The van der Waals surface area contributed by atoms with Crippen molar-refractivity contribution in [2.45, 2.75) is 18.7 Å². The zero-order chi connectivity index (χ0) is 19.0. The second kappa shape index (κ2) is 7.19. The number of amidine groups is 1. The molecule has 1 amide bonds. The van der Waals surface area contributed by atoms with Gasteiger partial charge in [0.05, 0.1) is 23.8 Å². The maximum Gasteiger partial charge on any atom is 0.270 e. The number of nitrogens with one attached hydrogen (secondary N) is 1. The Bertz CT molecular complexity index is 859. The van der Waals surface area contributed by atoms with Crippen molar-refractivity contribution in [1.82, 2.24) is 9.88 Å². The predicted octanol–water partition coefficient (Wildman–Crippen LogP) is 1.83. The van der Waals surface area contributed by atoms with Gasteiger partial charge in [-0.05, 0) is 6.42 Å². The average molecular weight is 390 g/mol. The molecule has 1 aromatic heterocycles. The summed E-state index contributed by atoms with van der Waals surface area (Å²) in [5.74, 6) is 1.71. The molecular weight excluding hydrogens is 370 g/mol. The van der Waals surface area contributed by atoms with Crippen LogP contribution in [0.3, 0.4) is 0 Å². The molecule has 142 valence electrons. The predicted molar refractivity (Wildman–Crippen MR) is 103 cm³/mol. The number of likely N-dealkylation sites (tertiary alicyclic amines) is 1. The molecule has 0 aliphatic carbocycles. The van der Waals surface area contributed by atoms with Crippen LogP contribution in [-0.4, -0.2) is 65.9 Å². The number of rotatable bonds is 5. The summed E-state index contributed by atoms with van der Waals surface area (Å²) >= 11 is 6.10. The van der Waals surface area contributed by atoms with E-state index in [0.29, 0.717) is 43.6 Å². The monoisotopic (exact) mass is 389 g/mol. The number of alkyl halides is 1. The quantitative estimate of drug-likeness (QED) is 0.614. The van der Waals surface area contributed by atoms with Crippen molar-refractivity contribution in [1.29, 1.82) is 0 Å². The first-order valence-electron chi connectivity index (χ1n) is 8.87. The Morgan fingerprint density at radius 3 is 3.19 bits per heavy atom. The summed E-state index contributed by atoms with van der Waals surface area (Å²) in [7, 11) is 0. The van der Waals surface area contributed by atoms with Crippen LogP contribution >= 0.6 is 11.6 Å². The molecule has 1 saturated heterocycles. The van der Waals surface area contributed by atoms with Crippen LogP contribution in [0.15, 0.2) is 27.8 Å². The van der Waals surface area contributed by atoms with Crippen LogP contribution in [0.2, 0.25) is 0 Å². The number of aromatic amines is 1.